The molecule has 4 nitrogen and oxygen atoms in total. The zero-order valence-electron chi connectivity index (χ0n) is 13.2. The van der Waals surface area contributed by atoms with Crippen molar-refractivity contribution in [3.8, 4) is 0 Å². The lowest BCUT2D eigenvalue weighted by atomic mass is 10.1. The van der Waals surface area contributed by atoms with Crippen LogP contribution in [0.3, 0.4) is 0 Å². The summed E-state index contributed by atoms with van der Waals surface area (Å²) in [6.07, 6.45) is 1.92. The normalized spacial score (nSPS) is 11.1. The van der Waals surface area contributed by atoms with Gasteiger partial charge in [0.2, 0.25) is 0 Å². The average molecular weight is 359 g/mol. The number of aromatic nitrogens is 3. The van der Waals surface area contributed by atoms with Crippen molar-refractivity contribution < 1.29 is 0 Å². The van der Waals surface area contributed by atoms with Crippen molar-refractivity contribution >= 4 is 32.5 Å². The highest BCUT2D eigenvalue weighted by molar-refractivity contribution is 9.10. The van der Waals surface area contributed by atoms with Crippen LogP contribution in [0.25, 0.3) is 10.8 Å². The Morgan fingerprint density at radius 1 is 1.23 bits per heavy atom. The van der Waals surface area contributed by atoms with Gasteiger partial charge in [-0.1, -0.05) is 28.1 Å². The zero-order valence-corrected chi connectivity index (χ0v) is 14.8. The topological polar surface area (TPSA) is 42.7 Å². The number of hydrogen-bond acceptors (Lipinski definition) is 3. The number of hydrogen-bond donors (Lipinski definition) is 1. The summed E-state index contributed by atoms with van der Waals surface area (Å²) in [5.74, 6) is 0.907. The molecule has 5 heteroatoms. The number of nitrogens with one attached hydrogen (secondary N) is 1. The summed E-state index contributed by atoms with van der Waals surface area (Å²) in [6.45, 7) is 6.94. The van der Waals surface area contributed by atoms with Crippen LogP contribution in [0.15, 0.2) is 28.9 Å². The van der Waals surface area contributed by atoms with E-state index in [9.17, 15) is 0 Å². The molecule has 0 radical (unpaired) electrons. The van der Waals surface area contributed by atoms with Crippen LogP contribution in [0.4, 0.5) is 5.82 Å². The maximum absolute atomic E-state index is 4.57. The minimum Gasteiger partial charge on any atom is -0.365 e. The highest BCUT2D eigenvalue weighted by Crippen LogP contribution is 2.30. The lowest BCUT2D eigenvalue weighted by Crippen LogP contribution is -2.05. The summed E-state index contributed by atoms with van der Waals surface area (Å²) < 4.78 is 3.02. The summed E-state index contributed by atoms with van der Waals surface area (Å²) in [4.78, 5) is 4.57. The minimum atomic E-state index is 0.725. The maximum atomic E-state index is 4.57. The summed E-state index contributed by atoms with van der Waals surface area (Å²) in [5, 5.41) is 10.3. The molecular formula is C17H19BrN4. The van der Waals surface area contributed by atoms with E-state index in [4.69, 9.17) is 0 Å². The van der Waals surface area contributed by atoms with Crippen molar-refractivity contribution in [2.45, 2.75) is 27.3 Å². The number of nitrogens with zero attached hydrogens (tertiary/aromatic N) is 3. The lowest BCUT2D eigenvalue weighted by molar-refractivity contribution is 0.730. The largest absolute Gasteiger partial charge is 0.365 e. The fourth-order valence-corrected chi connectivity index (χ4v) is 3.48. The Bertz CT molecular complexity index is 843. The van der Waals surface area contributed by atoms with Crippen LogP contribution >= 0.6 is 15.9 Å². The van der Waals surface area contributed by atoms with Gasteiger partial charge in [0, 0.05) is 46.3 Å². The molecule has 0 bridgehead atoms. The van der Waals surface area contributed by atoms with E-state index in [1.165, 1.54) is 22.2 Å². The molecule has 1 aromatic carbocycles. The molecule has 0 unspecified atom stereocenters. The molecule has 0 aliphatic heterocycles. The Labute approximate surface area is 138 Å². The predicted molar refractivity (Wildman–Crippen MR) is 94.2 cm³/mol. The molecule has 22 heavy (non-hydrogen) atoms. The Morgan fingerprint density at radius 2 is 2.00 bits per heavy atom. The van der Waals surface area contributed by atoms with E-state index in [0.717, 1.165) is 27.9 Å². The van der Waals surface area contributed by atoms with E-state index in [1.54, 1.807) is 0 Å². The smallest absolute Gasteiger partial charge is 0.134 e. The Morgan fingerprint density at radius 3 is 2.68 bits per heavy atom. The molecule has 3 aromatic rings. The fourth-order valence-electron chi connectivity index (χ4n) is 2.80. The summed E-state index contributed by atoms with van der Waals surface area (Å²) in [5.41, 5.74) is 4.64. The Kier molecular flexibility index (Phi) is 3.91. The number of halogens is 1. The van der Waals surface area contributed by atoms with Crippen molar-refractivity contribution in [2.24, 2.45) is 7.05 Å². The molecule has 0 spiro atoms. The van der Waals surface area contributed by atoms with Crippen molar-refractivity contribution in [1.29, 1.82) is 0 Å². The van der Waals surface area contributed by atoms with Crippen molar-refractivity contribution in [1.82, 2.24) is 14.8 Å². The molecule has 0 aliphatic carbocycles. The van der Waals surface area contributed by atoms with Crippen LogP contribution in [0.1, 0.15) is 22.5 Å². The second kappa shape index (κ2) is 5.72. The maximum Gasteiger partial charge on any atom is 0.134 e. The van der Waals surface area contributed by atoms with Crippen LogP contribution in [0.2, 0.25) is 0 Å². The lowest BCUT2D eigenvalue weighted by Gasteiger charge is -2.12. The van der Waals surface area contributed by atoms with Gasteiger partial charge in [-0.05, 0) is 32.4 Å². The SMILES string of the molecule is Cc1nn(C)c(C)c1CNc1ncc(C)c2c(Br)cccc12. The van der Waals surface area contributed by atoms with Gasteiger partial charge < -0.3 is 5.32 Å². The van der Waals surface area contributed by atoms with Gasteiger partial charge >= 0.3 is 0 Å². The molecule has 0 saturated carbocycles. The molecule has 0 atom stereocenters. The van der Waals surface area contributed by atoms with Gasteiger partial charge in [0.1, 0.15) is 5.82 Å². The summed E-state index contributed by atoms with van der Waals surface area (Å²) in [7, 11) is 1.97. The number of anilines is 1. The van der Waals surface area contributed by atoms with E-state index in [0.29, 0.717) is 0 Å². The Balaban J connectivity index is 1.98. The third-order valence-corrected chi connectivity index (χ3v) is 4.80. The molecule has 0 aliphatic rings. The first kappa shape index (κ1) is 15.0. The highest BCUT2D eigenvalue weighted by Gasteiger charge is 2.11. The molecule has 114 valence electrons. The Hall–Kier alpha value is -1.88. The van der Waals surface area contributed by atoms with Crippen LogP contribution in [0.5, 0.6) is 0 Å². The fraction of sp³-hybridized carbons (Fsp3) is 0.294. The van der Waals surface area contributed by atoms with Crippen LogP contribution in [-0.2, 0) is 13.6 Å². The van der Waals surface area contributed by atoms with Crippen molar-refractivity contribution in [2.75, 3.05) is 5.32 Å². The van der Waals surface area contributed by atoms with Gasteiger partial charge in [-0.2, -0.15) is 5.10 Å². The molecule has 0 fully saturated rings. The standard InChI is InChI=1S/C17H19BrN4/c1-10-8-19-17(13-6-5-7-15(18)16(10)13)20-9-14-11(2)21-22(4)12(14)3/h5-8H,9H2,1-4H3,(H,19,20). The molecule has 3 rings (SSSR count). The molecule has 1 N–H and O–H groups in total. The van der Waals surface area contributed by atoms with Crippen LogP contribution in [0, 0.1) is 20.8 Å². The second-order valence-corrected chi connectivity index (χ2v) is 6.43. The highest BCUT2D eigenvalue weighted by atomic mass is 79.9. The third kappa shape index (κ3) is 2.50. The van der Waals surface area contributed by atoms with Gasteiger partial charge in [0.05, 0.1) is 5.69 Å². The second-order valence-electron chi connectivity index (χ2n) is 5.58. The first-order chi connectivity index (χ1) is 10.5. The van der Waals surface area contributed by atoms with Crippen molar-refractivity contribution in [3.63, 3.8) is 0 Å². The quantitative estimate of drug-likeness (QED) is 0.760. The van der Waals surface area contributed by atoms with Crippen LogP contribution in [-0.4, -0.2) is 14.8 Å². The molecule has 0 saturated heterocycles. The number of aryl methyl sites for hydroxylation is 3. The van der Waals surface area contributed by atoms with Gasteiger partial charge in [-0.3, -0.25) is 4.68 Å². The monoisotopic (exact) mass is 358 g/mol. The van der Waals surface area contributed by atoms with Crippen molar-refractivity contribution in [3.05, 3.63) is 51.4 Å². The first-order valence-electron chi connectivity index (χ1n) is 7.26. The van der Waals surface area contributed by atoms with Crippen LogP contribution < -0.4 is 5.32 Å². The predicted octanol–water partition coefficient (Wildman–Crippen LogP) is 4.27. The van der Waals surface area contributed by atoms with Gasteiger partial charge in [-0.25, -0.2) is 4.98 Å². The van der Waals surface area contributed by atoms with E-state index in [2.05, 4.69) is 57.3 Å². The van der Waals surface area contributed by atoms with Gasteiger partial charge in [0.15, 0.2) is 0 Å². The number of fused-ring (bicyclic) bond motifs is 1. The molecule has 0 amide bonds. The molecule has 2 aromatic heterocycles. The van der Waals surface area contributed by atoms with E-state index in [1.807, 2.05) is 30.9 Å². The third-order valence-electron chi connectivity index (χ3n) is 4.14. The first-order valence-corrected chi connectivity index (χ1v) is 8.05. The van der Waals surface area contributed by atoms with Gasteiger partial charge in [0.25, 0.3) is 0 Å². The molecule has 2 heterocycles. The molecular weight excluding hydrogens is 340 g/mol. The number of rotatable bonds is 3. The number of benzene rings is 1. The zero-order chi connectivity index (χ0) is 15.9. The van der Waals surface area contributed by atoms with E-state index < -0.39 is 0 Å². The van der Waals surface area contributed by atoms with Gasteiger partial charge in [-0.15, -0.1) is 0 Å². The summed E-state index contributed by atoms with van der Waals surface area (Å²) in [6, 6.07) is 6.21. The average Bonchev–Trinajstić information content (AvgIpc) is 2.72. The number of pyridine rings is 1. The van der Waals surface area contributed by atoms with E-state index in [-0.39, 0.29) is 0 Å². The van der Waals surface area contributed by atoms with E-state index >= 15 is 0 Å². The summed E-state index contributed by atoms with van der Waals surface area (Å²) >= 11 is 3.64. The minimum absolute atomic E-state index is 0.725.